The first-order chi connectivity index (χ1) is 10.3. The zero-order valence-corrected chi connectivity index (χ0v) is 12.8. The summed E-state index contributed by atoms with van der Waals surface area (Å²) in [6, 6.07) is 10.7. The van der Waals surface area contributed by atoms with Gasteiger partial charge in [-0.05, 0) is 48.4 Å². The van der Waals surface area contributed by atoms with Crippen molar-refractivity contribution < 1.29 is 0 Å². The molecule has 0 aliphatic heterocycles. The molecule has 1 aromatic heterocycles. The van der Waals surface area contributed by atoms with Crippen molar-refractivity contribution in [3.05, 3.63) is 48.3 Å². The molecule has 1 saturated carbocycles. The van der Waals surface area contributed by atoms with E-state index >= 15 is 0 Å². The van der Waals surface area contributed by atoms with E-state index in [0.717, 1.165) is 24.9 Å². The Bertz CT molecular complexity index is 539. The van der Waals surface area contributed by atoms with Gasteiger partial charge in [-0.15, -0.1) is 0 Å². The lowest BCUT2D eigenvalue weighted by Gasteiger charge is -2.26. The van der Waals surface area contributed by atoms with Gasteiger partial charge >= 0.3 is 0 Å². The summed E-state index contributed by atoms with van der Waals surface area (Å²) in [6.45, 7) is 4.32. The summed E-state index contributed by atoms with van der Waals surface area (Å²) in [4.78, 5) is 0. The lowest BCUT2D eigenvalue weighted by molar-refractivity contribution is 0.300. The highest BCUT2D eigenvalue weighted by Crippen LogP contribution is 2.28. The fourth-order valence-corrected chi connectivity index (χ4v) is 3.16. The second-order valence-electron chi connectivity index (χ2n) is 6.41. The minimum atomic E-state index is 0.837. The summed E-state index contributed by atoms with van der Waals surface area (Å²) >= 11 is 0. The zero-order valence-electron chi connectivity index (χ0n) is 12.8. The Morgan fingerprint density at radius 3 is 2.81 bits per heavy atom. The molecule has 1 heterocycles. The molecule has 2 aromatic rings. The summed E-state index contributed by atoms with van der Waals surface area (Å²) in [5.41, 5.74) is 2.53. The standard InChI is InChI=1S/C18H25N3/c1-15-6-8-16(9-7-15)13-19-18-5-2-4-17(12-18)14-21-11-3-10-20-21/h2-5,10-12,15-16,19H,6-9,13-14H2,1H3. The Balaban J connectivity index is 1.53. The topological polar surface area (TPSA) is 29.9 Å². The van der Waals surface area contributed by atoms with Crippen LogP contribution in [0.4, 0.5) is 5.69 Å². The molecule has 0 radical (unpaired) electrons. The first-order valence-corrected chi connectivity index (χ1v) is 8.10. The Kier molecular flexibility index (Phi) is 4.59. The van der Waals surface area contributed by atoms with Gasteiger partial charge in [0, 0.05) is 24.6 Å². The van der Waals surface area contributed by atoms with Crippen LogP contribution in [0.5, 0.6) is 0 Å². The molecule has 0 unspecified atom stereocenters. The molecule has 3 nitrogen and oxygen atoms in total. The molecular weight excluding hydrogens is 258 g/mol. The molecule has 112 valence electrons. The van der Waals surface area contributed by atoms with E-state index in [-0.39, 0.29) is 0 Å². The summed E-state index contributed by atoms with van der Waals surface area (Å²) in [6.07, 6.45) is 9.37. The number of hydrogen-bond acceptors (Lipinski definition) is 2. The normalized spacial score (nSPS) is 22.1. The zero-order chi connectivity index (χ0) is 14.5. The van der Waals surface area contributed by atoms with Crippen molar-refractivity contribution in [1.29, 1.82) is 0 Å². The van der Waals surface area contributed by atoms with E-state index in [1.165, 1.54) is 36.9 Å². The molecule has 0 atom stereocenters. The Labute approximate surface area is 127 Å². The Morgan fingerprint density at radius 2 is 2.05 bits per heavy atom. The molecule has 21 heavy (non-hydrogen) atoms. The number of nitrogens with zero attached hydrogens (tertiary/aromatic N) is 2. The maximum atomic E-state index is 4.26. The molecule has 0 bridgehead atoms. The number of aromatic nitrogens is 2. The fourth-order valence-electron chi connectivity index (χ4n) is 3.16. The maximum absolute atomic E-state index is 4.26. The van der Waals surface area contributed by atoms with Gasteiger partial charge < -0.3 is 5.32 Å². The third-order valence-electron chi connectivity index (χ3n) is 4.56. The third-order valence-corrected chi connectivity index (χ3v) is 4.56. The van der Waals surface area contributed by atoms with Crippen LogP contribution in [0.2, 0.25) is 0 Å². The van der Waals surface area contributed by atoms with Crippen molar-refractivity contribution in [3.63, 3.8) is 0 Å². The average Bonchev–Trinajstić information content (AvgIpc) is 3.00. The minimum Gasteiger partial charge on any atom is -0.385 e. The Hall–Kier alpha value is -1.77. The lowest BCUT2D eigenvalue weighted by atomic mass is 9.83. The maximum Gasteiger partial charge on any atom is 0.0660 e. The van der Waals surface area contributed by atoms with Crippen molar-refractivity contribution in [2.24, 2.45) is 11.8 Å². The van der Waals surface area contributed by atoms with E-state index < -0.39 is 0 Å². The molecular formula is C18H25N3. The molecule has 3 heteroatoms. The Morgan fingerprint density at radius 1 is 1.19 bits per heavy atom. The van der Waals surface area contributed by atoms with E-state index in [4.69, 9.17) is 0 Å². The van der Waals surface area contributed by atoms with E-state index in [1.54, 1.807) is 0 Å². The quantitative estimate of drug-likeness (QED) is 0.892. The SMILES string of the molecule is CC1CCC(CNc2cccc(Cn3cccn3)c2)CC1. The van der Waals surface area contributed by atoms with Crippen LogP contribution in [0.1, 0.15) is 38.2 Å². The number of rotatable bonds is 5. The second kappa shape index (κ2) is 6.79. The predicted molar refractivity (Wildman–Crippen MR) is 87.4 cm³/mol. The number of nitrogens with one attached hydrogen (secondary N) is 1. The van der Waals surface area contributed by atoms with E-state index in [1.807, 2.05) is 23.1 Å². The summed E-state index contributed by atoms with van der Waals surface area (Å²) in [5.74, 6) is 1.77. The van der Waals surface area contributed by atoms with Gasteiger partial charge in [-0.2, -0.15) is 5.10 Å². The molecule has 3 rings (SSSR count). The molecule has 0 amide bonds. The van der Waals surface area contributed by atoms with Gasteiger partial charge in [-0.1, -0.05) is 31.9 Å². The van der Waals surface area contributed by atoms with Gasteiger partial charge in [0.15, 0.2) is 0 Å². The number of anilines is 1. The van der Waals surface area contributed by atoms with Gasteiger partial charge in [0.25, 0.3) is 0 Å². The van der Waals surface area contributed by atoms with Crippen molar-refractivity contribution in [2.45, 2.75) is 39.2 Å². The van der Waals surface area contributed by atoms with Crippen molar-refractivity contribution in [3.8, 4) is 0 Å². The van der Waals surface area contributed by atoms with Crippen molar-refractivity contribution in [2.75, 3.05) is 11.9 Å². The first-order valence-electron chi connectivity index (χ1n) is 8.10. The van der Waals surface area contributed by atoms with Crippen LogP contribution in [-0.2, 0) is 6.54 Å². The van der Waals surface area contributed by atoms with Gasteiger partial charge in [0.2, 0.25) is 0 Å². The van der Waals surface area contributed by atoms with Gasteiger partial charge in [0.1, 0.15) is 0 Å². The fraction of sp³-hybridized carbons (Fsp3) is 0.500. The van der Waals surface area contributed by atoms with Crippen LogP contribution in [-0.4, -0.2) is 16.3 Å². The molecule has 1 fully saturated rings. The van der Waals surface area contributed by atoms with E-state index in [9.17, 15) is 0 Å². The van der Waals surface area contributed by atoms with Crippen LogP contribution in [0.15, 0.2) is 42.7 Å². The minimum absolute atomic E-state index is 0.837. The van der Waals surface area contributed by atoms with Crippen molar-refractivity contribution in [1.82, 2.24) is 9.78 Å². The summed E-state index contributed by atoms with van der Waals surface area (Å²) in [7, 11) is 0. The first kappa shape index (κ1) is 14.2. The van der Waals surface area contributed by atoms with Gasteiger partial charge in [-0.3, -0.25) is 4.68 Å². The lowest BCUT2D eigenvalue weighted by Crippen LogP contribution is -2.20. The van der Waals surface area contributed by atoms with Crippen LogP contribution in [0.25, 0.3) is 0 Å². The highest BCUT2D eigenvalue weighted by atomic mass is 15.3. The smallest absolute Gasteiger partial charge is 0.0660 e. The van der Waals surface area contributed by atoms with Gasteiger partial charge in [-0.25, -0.2) is 0 Å². The van der Waals surface area contributed by atoms with Crippen molar-refractivity contribution >= 4 is 5.69 Å². The molecule has 1 aliphatic rings. The van der Waals surface area contributed by atoms with Crippen LogP contribution in [0.3, 0.4) is 0 Å². The highest BCUT2D eigenvalue weighted by molar-refractivity contribution is 5.45. The van der Waals surface area contributed by atoms with Gasteiger partial charge in [0.05, 0.1) is 6.54 Å². The number of benzene rings is 1. The van der Waals surface area contributed by atoms with Crippen LogP contribution >= 0.6 is 0 Å². The monoisotopic (exact) mass is 283 g/mol. The molecule has 1 N–H and O–H groups in total. The third kappa shape index (κ3) is 4.10. The molecule has 0 spiro atoms. The highest BCUT2D eigenvalue weighted by Gasteiger charge is 2.17. The van der Waals surface area contributed by atoms with E-state index in [2.05, 4.69) is 41.6 Å². The summed E-state index contributed by atoms with van der Waals surface area (Å²) < 4.78 is 1.96. The van der Waals surface area contributed by atoms with Crippen LogP contribution < -0.4 is 5.32 Å². The average molecular weight is 283 g/mol. The molecule has 1 aliphatic carbocycles. The molecule has 1 aromatic carbocycles. The molecule has 0 saturated heterocycles. The second-order valence-corrected chi connectivity index (χ2v) is 6.41. The van der Waals surface area contributed by atoms with Crippen LogP contribution in [0, 0.1) is 11.8 Å². The largest absolute Gasteiger partial charge is 0.385 e. The predicted octanol–water partition coefficient (Wildman–Crippen LogP) is 4.17. The van der Waals surface area contributed by atoms with E-state index in [0.29, 0.717) is 0 Å². The summed E-state index contributed by atoms with van der Waals surface area (Å²) in [5, 5.41) is 7.88. The number of hydrogen-bond donors (Lipinski definition) is 1.